The van der Waals surface area contributed by atoms with Crippen molar-refractivity contribution in [1.82, 2.24) is 5.32 Å². The molecule has 6 nitrogen and oxygen atoms in total. The molecule has 0 radical (unpaired) electrons. The van der Waals surface area contributed by atoms with Gasteiger partial charge in [0.25, 0.3) is 5.91 Å². The summed E-state index contributed by atoms with van der Waals surface area (Å²) in [5.41, 5.74) is 0. The van der Waals surface area contributed by atoms with Crippen molar-refractivity contribution >= 4 is 46.7 Å². The van der Waals surface area contributed by atoms with E-state index in [-0.39, 0.29) is 26.9 Å². The highest BCUT2D eigenvalue weighted by molar-refractivity contribution is 6.43. The minimum absolute atomic E-state index is 0.184. The number of rotatable bonds is 7. The highest BCUT2D eigenvalue weighted by atomic mass is 35.5. The average Bonchev–Trinajstić information content (AvgIpc) is 3.09. The first-order valence-electron chi connectivity index (χ1n) is 7.12. The van der Waals surface area contributed by atoms with Crippen molar-refractivity contribution in [3.05, 3.63) is 51.4 Å². The third-order valence-corrected chi connectivity index (χ3v) is 4.05. The molecule has 1 atom stereocenters. The van der Waals surface area contributed by atoms with Gasteiger partial charge in [-0.15, -0.1) is 0 Å². The molecule has 0 aliphatic heterocycles. The summed E-state index contributed by atoms with van der Waals surface area (Å²) in [4.78, 5) is 23.4. The zero-order chi connectivity index (χ0) is 18.4. The zero-order valence-corrected chi connectivity index (χ0v) is 15.3. The normalized spacial score (nSPS) is 11.7. The standard InChI is InChI=1S/C16H14Cl3NO5/c1-9(13-3-2-4-23-13)20-15(21)7-25-16(22)8-24-14-6-11(18)10(17)5-12(14)19/h2-6,9H,7-8H2,1H3,(H,20,21)/t9-/m1/s1. The predicted octanol–water partition coefficient (Wildman–Crippen LogP) is 4.04. The van der Waals surface area contributed by atoms with Crippen LogP contribution < -0.4 is 10.1 Å². The third kappa shape index (κ3) is 5.85. The van der Waals surface area contributed by atoms with Crippen LogP contribution >= 0.6 is 34.8 Å². The molecule has 0 saturated carbocycles. The molecule has 1 amide bonds. The molecule has 134 valence electrons. The molecule has 9 heteroatoms. The van der Waals surface area contributed by atoms with Gasteiger partial charge in [-0.05, 0) is 25.1 Å². The van der Waals surface area contributed by atoms with E-state index in [1.54, 1.807) is 19.1 Å². The van der Waals surface area contributed by atoms with E-state index in [9.17, 15) is 9.59 Å². The fourth-order valence-corrected chi connectivity index (χ4v) is 2.42. The lowest BCUT2D eigenvalue weighted by Gasteiger charge is -2.12. The Labute approximate surface area is 158 Å². The Morgan fingerprint density at radius 2 is 1.88 bits per heavy atom. The molecule has 1 aromatic carbocycles. The van der Waals surface area contributed by atoms with Crippen LogP contribution in [-0.2, 0) is 14.3 Å². The largest absolute Gasteiger partial charge is 0.480 e. The number of hydrogen-bond donors (Lipinski definition) is 1. The van der Waals surface area contributed by atoms with Crippen LogP contribution in [0.5, 0.6) is 5.75 Å². The molecule has 2 rings (SSSR count). The molecule has 1 aromatic heterocycles. The van der Waals surface area contributed by atoms with Gasteiger partial charge in [-0.3, -0.25) is 4.79 Å². The summed E-state index contributed by atoms with van der Waals surface area (Å²) in [6, 6.07) is 5.88. The molecule has 0 aliphatic carbocycles. The highest BCUT2D eigenvalue weighted by Gasteiger charge is 2.15. The maximum atomic E-state index is 11.7. The SMILES string of the molecule is C[C@@H](NC(=O)COC(=O)COc1cc(Cl)c(Cl)cc1Cl)c1ccco1. The van der Waals surface area contributed by atoms with Crippen LogP contribution in [0, 0.1) is 0 Å². The van der Waals surface area contributed by atoms with Crippen molar-refractivity contribution in [2.24, 2.45) is 0 Å². The summed E-state index contributed by atoms with van der Waals surface area (Å²) >= 11 is 17.6. The lowest BCUT2D eigenvalue weighted by Crippen LogP contribution is -2.31. The summed E-state index contributed by atoms with van der Waals surface area (Å²) in [5.74, 6) is -0.422. The lowest BCUT2D eigenvalue weighted by molar-refractivity contribution is -0.150. The van der Waals surface area contributed by atoms with Gasteiger partial charge in [-0.25, -0.2) is 4.79 Å². The van der Waals surface area contributed by atoms with Crippen LogP contribution in [0.25, 0.3) is 0 Å². The molecule has 1 N–H and O–H groups in total. The van der Waals surface area contributed by atoms with Crippen molar-refractivity contribution in [3.8, 4) is 5.75 Å². The number of nitrogens with one attached hydrogen (secondary N) is 1. The van der Waals surface area contributed by atoms with Crippen molar-refractivity contribution < 1.29 is 23.5 Å². The van der Waals surface area contributed by atoms with Crippen LogP contribution in [0.4, 0.5) is 0 Å². The van der Waals surface area contributed by atoms with Gasteiger partial charge in [-0.1, -0.05) is 34.8 Å². The van der Waals surface area contributed by atoms with Crippen molar-refractivity contribution in [2.75, 3.05) is 13.2 Å². The number of hydrogen-bond acceptors (Lipinski definition) is 5. The number of ether oxygens (including phenoxy) is 2. The van der Waals surface area contributed by atoms with E-state index in [0.717, 1.165) is 0 Å². The molecule has 1 heterocycles. The molecule has 25 heavy (non-hydrogen) atoms. The minimum atomic E-state index is -0.733. The Bertz CT molecular complexity index is 748. The van der Waals surface area contributed by atoms with Crippen LogP contribution in [0.1, 0.15) is 18.7 Å². The first-order chi connectivity index (χ1) is 11.9. The van der Waals surface area contributed by atoms with Gasteiger partial charge in [0.05, 0.1) is 27.4 Å². The summed E-state index contributed by atoms with van der Waals surface area (Å²) < 4.78 is 15.2. The molecule has 0 unspecified atom stereocenters. The molecular weight excluding hydrogens is 393 g/mol. The number of halogens is 3. The fourth-order valence-electron chi connectivity index (χ4n) is 1.83. The number of carbonyl (C=O) groups is 2. The van der Waals surface area contributed by atoms with Crippen LogP contribution in [0.3, 0.4) is 0 Å². The number of carbonyl (C=O) groups excluding carboxylic acids is 2. The topological polar surface area (TPSA) is 77.8 Å². The molecular formula is C16H14Cl3NO5. The monoisotopic (exact) mass is 405 g/mol. The van der Waals surface area contributed by atoms with E-state index >= 15 is 0 Å². The maximum absolute atomic E-state index is 11.7. The first kappa shape index (κ1) is 19.4. The molecule has 2 aromatic rings. The minimum Gasteiger partial charge on any atom is -0.480 e. The van der Waals surface area contributed by atoms with Crippen molar-refractivity contribution in [3.63, 3.8) is 0 Å². The first-order valence-corrected chi connectivity index (χ1v) is 8.26. The van der Waals surface area contributed by atoms with Gasteiger partial charge < -0.3 is 19.2 Å². The Balaban J connectivity index is 1.75. The summed E-state index contributed by atoms with van der Waals surface area (Å²) in [5, 5.41) is 3.34. The molecule has 0 fully saturated rings. The van der Waals surface area contributed by atoms with Gasteiger partial charge in [0, 0.05) is 6.07 Å². The molecule has 0 saturated heterocycles. The predicted molar refractivity (Wildman–Crippen MR) is 93.2 cm³/mol. The summed E-state index contributed by atoms with van der Waals surface area (Å²) in [6.07, 6.45) is 1.50. The van der Waals surface area contributed by atoms with E-state index < -0.39 is 25.1 Å². The second-order valence-corrected chi connectivity index (χ2v) is 6.17. The van der Waals surface area contributed by atoms with Gasteiger partial charge in [0.1, 0.15) is 11.5 Å². The van der Waals surface area contributed by atoms with E-state index in [1.165, 1.54) is 18.4 Å². The number of benzene rings is 1. The Hall–Kier alpha value is -1.89. The van der Waals surface area contributed by atoms with Gasteiger partial charge in [-0.2, -0.15) is 0 Å². The van der Waals surface area contributed by atoms with E-state index in [2.05, 4.69) is 5.32 Å². The second-order valence-electron chi connectivity index (χ2n) is 4.95. The Morgan fingerprint density at radius 3 is 2.56 bits per heavy atom. The van der Waals surface area contributed by atoms with E-state index in [4.69, 9.17) is 48.7 Å². The van der Waals surface area contributed by atoms with Crippen LogP contribution in [0.15, 0.2) is 34.9 Å². The third-order valence-electron chi connectivity index (χ3n) is 3.03. The maximum Gasteiger partial charge on any atom is 0.344 e. The van der Waals surface area contributed by atoms with Crippen LogP contribution in [0.2, 0.25) is 15.1 Å². The van der Waals surface area contributed by atoms with Gasteiger partial charge in [0.15, 0.2) is 13.2 Å². The van der Waals surface area contributed by atoms with E-state index in [0.29, 0.717) is 5.76 Å². The van der Waals surface area contributed by atoms with Gasteiger partial charge >= 0.3 is 5.97 Å². The van der Waals surface area contributed by atoms with Gasteiger partial charge in [0.2, 0.25) is 0 Å². The Kier molecular flexibility index (Phi) is 6.99. The van der Waals surface area contributed by atoms with Crippen molar-refractivity contribution in [2.45, 2.75) is 13.0 Å². The lowest BCUT2D eigenvalue weighted by atomic mass is 10.2. The smallest absolute Gasteiger partial charge is 0.344 e. The molecule has 0 bridgehead atoms. The average molecular weight is 407 g/mol. The van der Waals surface area contributed by atoms with Crippen molar-refractivity contribution in [1.29, 1.82) is 0 Å². The molecule has 0 aliphatic rings. The number of esters is 1. The summed E-state index contributed by atoms with van der Waals surface area (Å²) in [7, 11) is 0. The fraction of sp³-hybridized carbons (Fsp3) is 0.250. The Morgan fingerprint density at radius 1 is 1.16 bits per heavy atom. The second kappa shape index (κ2) is 8.99. The number of furan rings is 1. The highest BCUT2D eigenvalue weighted by Crippen LogP contribution is 2.33. The quantitative estimate of drug-likeness (QED) is 0.554. The summed E-state index contributed by atoms with van der Waals surface area (Å²) in [6.45, 7) is 0.870. The molecule has 0 spiro atoms. The van der Waals surface area contributed by atoms with Crippen LogP contribution in [-0.4, -0.2) is 25.1 Å². The van der Waals surface area contributed by atoms with E-state index in [1.807, 2.05) is 0 Å². The number of amides is 1. The zero-order valence-electron chi connectivity index (χ0n) is 13.1.